The topological polar surface area (TPSA) is 65.7 Å². The molecule has 4 rings (SSSR count). The Labute approximate surface area is 218 Å². The molecule has 0 aliphatic heterocycles. The van der Waals surface area contributed by atoms with Crippen LogP contribution in [-0.2, 0) is 6.18 Å². The molecule has 0 amide bonds. The number of halogens is 4. The molecule has 0 spiro atoms. The smallest absolute Gasteiger partial charge is 0.416 e. The molecule has 0 aliphatic rings. The zero-order valence-corrected chi connectivity index (χ0v) is 21.2. The fraction of sp³-hybridized carbons (Fsp3) is 0.148. The maximum atomic E-state index is 13.4. The highest BCUT2D eigenvalue weighted by Crippen LogP contribution is 2.34. The van der Waals surface area contributed by atoms with Gasteiger partial charge in [-0.1, -0.05) is 36.9 Å². The number of ether oxygens (including phenoxy) is 2. The SMILES string of the molecule is C=CCOc1cc(Br)c(C=Nn2c(-c3cccc(C(F)(F)F)c3)nc3ccccc3c2=O)cc1OCC. The van der Waals surface area contributed by atoms with Crippen molar-refractivity contribution in [3.05, 3.63) is 99.3 Å². The minimum absolute atomic E-state index is 0.0295. The molecule has 0 aliphatic carbocycles. The van der Waals surface area contributed by atoms with Crippen LogP contribution >= 0.6 is 15.9 Å². The van der Waals surface area contributed by atoms with Gasteiger partial charge in [0, 0.05) is 15.6 Å². The summed E-state index contributed by atoms with van der Waals surface area (Å²) in [6, 6.07) is 14.6. The van der Waals surface area contributed by atoms with E-state index in [1.807, 2.05) is 6.92 Å². The summed E-state index contributed by atoms with van der Waals surface area (Å²) < 4.78 is 53.1. The van der Waals surface area contributed by atoms with E-state index in [9.17, 15) is 18.0 Å². The number of fused-ring (bicyclic) bond motifs is 1. The Balaban J connectivity index is 1.88. The van der Waals surface area contributed by atoms with E-state index >= 15 is 0 Å². The highest BCUT2D eigenvalue weighted by molar-refractivity contribution is 9.10. The third-order valence-corrected chi connectivity index (χ3v) is 5.92. The summed E-state index contributed by atoms with van der Waals surface area (Å²) in [6.45, 7) is 6.13. The van der Waals surface area contributed by atoms with E-state index in [2.05, 4.69) is 32.6 Å². The summed E-state index contributed by atoms with van der Waals surface area (Å²) in [6.07, 6.45) is -1.55. The third-order valence-electron chi connectivity index (χ3n) is 5.23. The second-order valence-electron chi connectivity index (χ2n) is 7.75. The standard InChI is InChI=1S/C27H21BrF3N3O3/c1-3-12-37-24-15-21(28)18(14-23(24)36-4-2)16-32-34-25(17-8-7-9-19(13-17)27(29,30)31)33-22-11-6-5-10-20(22)26(34)35/h3,5-11,13-16H,1,4,12H2,2H3. The van der Waals surface area contributed by atoms with Crippen LogP contribution in [0, 0.1) is 0 Å². The van der Waals surface area contributed by atoms with Gasteiger partial charge in [0.2, 0.25) is 0 Å². The average molecular weight is 572 g/mol. The molecular weight excluding hydrogens is 551 g/mol. The Hall–Kier alpha value is -3.92. The largest absolute Gasteiger partial charge is 0.490 e. The number of rotatable bonds is 8. The van der Waals surface area contributed by atoms with Crippen LogP contribution in [0.25, 0.3) is 22.3 Å². The van der Waals surface area contributed by atoms with Crippen LogP contribution in [-0.4, -0.2) is 29.1 Å². The van der Waals surface area contributed by atoms with Crippen molar-refractivity contribution in [3.63, 3.8) is 0 Å². The summed E-state index contributed by atoms with van der Waals surface area (Å²) in [5.41, 5.74) is -0.403. The maximum Gasteiger partial charge on any atom is 0.416 e. The molecule has 0 atom stereocenters. The van der Waals surface area contributed by atoms with Crippen LogP contribution in [0.4, 0.5) is 13.2 Å². The molecular formula is C27H21BrF3N3O3. The van der Waals surface area contributed by atoms with Crippen molar-refractivity contribution in [2.45, 2.75) is 13.1 Å². The first kappa shape index (κ1) is 26.2. The lowest BCUT2D eigenvalue weighted by molar-refractivity contribution is -0.137. The Morgan fingerprint density at radius 1 is 1.08 bits per heavy atom. The number of aromatic nitrogens is 2. The first-order valence-corrected chi connectivity index (χ1v) is 12.0. The normalized spacial score (nSPS) is 11.7. The number of alkyl halides is 3. The van der Waals surface area contributed by atoms with Gasteiger partial charge in [0.1, 0.15) is 6.61 Å². The van der Waals surface area contributed by atoms with Crippen molar-refractivity contribution in [1.82, 2.24) is 9.66 Å². The molecule has 1 aromatic heterocycles. The lowest BCUT2D eigenvalue weighted by Gasteiger charge is -2.13. The monoisotopic (exact) mass is 571 g/mol. The Morgan fingerprint density at radius 3 is 2.57 bits per heavy atom. The second-order valence-corrected chi connectivity index (χ2v) is 8.60. The van der Waals surface area contributed by atoms with Gasteiger partial charge in [-0.2, -0.15) is 22.9 Å². The first-order valence-electron chi connectivity index (χ1n) is 11.2. The van der Waals surface area contributed by atoms with Gasteiger partial charge in [-0.05, 0) is 59.3 Å². The van der Waals surface area contributed by atoms with Crippen molar-refractivity contribution in [1.29, 1.82) is 0 Å². The van der Waals surface area contributed by atoms with Crippen molar-refractivity contribution in [2.75, 3.05) is 13.2 Å². The Bertz CT molecular complexity index is 1550. The van der Waals surface area contributed by atoms with Crippen molar-refractivity contribution < 1.29 is 22.6 Å². The molecule has 1 heterocycles. The summed E-state index contributed by atoms with van der Waals surface area (Å²) >= 11 is 3.47. The molecule has 0 N–H and O–H groups in total. The second kappa shape index (κ2) is 11.0. The van der Waals surface area contributed by atoms with Crippen LogP contribution in [0.1, 0.15) is 18.1 Å². The number of para-hydroxylation sites is 1. The lowest BCUT2D eigenvalue weighted by Crippen LogP contribution is -2.20. The van der Waals surface area contributed by atoms with Gasteiger partial charge in [-0.15, -0.1) is 0 Å². The molecule has 0 bridgehead atoms. The van der Waals surface area contributed by atoms with E-state index in [0.29, 0.717) is 33.7 Å². The minimum Gasteiger partial charge on any atom is -0.490 e. The third kappa shape index (κ3) is 5.75. The number of nitrogens with zero attached hydrogens (tertiary/aromatic N) is 3. The molecule has 37 heavy (non-hydrogen) atoms. The van der Waals surface area contributed by atoms with Gasteiger partial charge >= 0.3 is 6.18 Å². The van der Waals surface area contributed by atoms with E-state index in [1.54, 1.807) is 42.5 Å². The van der Waals surface area contributed by atoms with Gasteiger partial charge < -0.3 is 9.47 Å². The van der Waals surface area contributed by atoms with Gasteiger partial charge in [-0.3, -0.25) is 4.79 Å². The van der Waals surface area contributed by atoms with Crippen molar-refractivity contribution >= 4 is 33.0 Å². The maximum absolute atomic E-state index is 13.4. The van der Waals surface area contributed by atoms with Gasteiger partial charge in [0.25, 0.3) is 5.56 Å². The minimum atomic E-state index is -4.56. The molecule has 0 radical (unpaired) electrons. The summed E-state index contributed by atoms with van der Waals surface area (Å²) in [5.74, 6) is 0.911. The van der Waals surface area contributed by atoms with Gasteiger partial charge in [0.15, 0.2) is 17.3 Å². The van der Waals surface area contributed by atoms with E-state index in [0.717, 1.165) is 16.8 Å². The Kier molecular flexibility index (Phi) is 7.77. The van der Waals surface area contributed by atoms with Crippen LogP contribution in [0.15, 0.2) is 87.7 Å². The van der Waals surface area contributed by atoms with Crippen LogP contribution < -0.4 is 15.0 Å². The zero-order valence-electron chi connectivity index (χ0n) is 19.6. The summed E-state index contributed by atoms with van der Waals surface area (Å²) in [7, 11) is 0. The van der Waals surface area contributed by atoms with E-state index in [4.69, 9.17) is 9.47 Å². The van der Waals surface area contributed by atoms with Crippen LogP contribution in [0.2, 0.25) is 0 Å². The van der Waals surface area contributed by atoms with E-state index in [-0.39, 0.29) is 23.4 Å². The molecule has 4 aromatic rings. The van der Waals surface area contributed by atoms with Gasteiger partial charge in [0.05, 0.1) is 29.3 Å². The molecule has 6 nitrogen and oxygen atoms in total. The van der Waals surface area contributed by atoms with Crippen LogP contribution in [0.5, 0.6) is 11.5 Å². The summed E-state index contributed by atoms with van der Waals surface area (Å²) in [5, 5.41) is 4.62. The highest BCUT2D eigenvalue weighted by Gasteiger charge is 2.31. The molecule has 0 saturated heterocycles. The molecule has 10 heteroatoms. The highest BCUT2D eigenvalue weighted by atomic mass is 79.9. The fourth-order valence-electron chi connectivity index (χ4n) is 3.55. The molecule has 190 valence electrons. The quantitative estimate of drug-likeness (QED) is 0.174. The Morgan fingerprint density at radius 2 is 1.84 bits per heavy atom. The zero-order chi connectivity index (χ0) is 26.6. The van der Waals surface area contributed by atoms with Gasteiger partial charge in [-0.25, -0.2) is 4.98 Å². The van der Waals surface area contributed by atoms with Crippen molar-refractivity contribution in [3.8, 4) is 22.9 Å². The number of hydrogen-bond acceptors (Lipinski definition) is 5. The average Bonchev–Trinajstić information content (AvgIpc) is 2.88. The lowest BCUT2D eigenvalue weighted by atomic mass is 10.1. The molecule has 0 saturated carbocycles. The predicted molar refractivity (Wildman–Crippen MR) is 140 cm³/mol. The van der Waals surface area contributed by atoms with E-state index < -0.39 is 17.3 Å². The van der Waals surface area contributed by atoms with Crippen LogP contribution in [0.3, 0.4) is 0 Å². The predicted octanol–water partition coefficient (Wildman–Crippen LogP) is 6.69. The number of hydrogen-bond donors (Lipinski definition) is 0. The number of benzene rings is 3. The molecule has 0 fully saturated rings. The first-order chi connectivity index (χ1) is 17.7. The fourth-order valence-corrected chi connectivity index (χ4v) is 3.98. The van der Waals surface area contributed by atoms with E-state index in [1.165, 1.54) is 18.3 Å². The summed E-state index contributed by atoms with van der Waals surface area (Å²) in [4.78, 5) is 17.8. The molecule has 0 unspecified atom stereocenters. The van der Waals surface area contributed by atoms with Crippen molar-refractivity contribution in [2.24, 2.45) is 5.10 Å². The molecule has 3 aromatic carbocycles.